The third-order valence-corrected chi connectivity index (χ3v) is 3.16. The van der Waals surface area contributed by atoms with E-state index in [2.05, 4.69) is 11.9 Å². The Hall–Kier alpha value is -0.900. The molecule has 0 aliphatic rings. The topological polar surface area (TPSA) is 53.8 Å². The van der Waals surface area contributed by atoms with Crippen LogP contribution in [0.15, 0.2) is 18.3 Å². The number of pyridine rings is 1. The molecule has 0 saturated carbocycles. The zero-order valence-corrected chi connectivity index (χ0v) is 10.1. The van der Waals surface area contributed by atoms with Crippen LogP contribution >= 0.6 is 0 Å². The van der Waals surface area contributed by atoms with Crippen LogP contribution in [0.1, 0.15) is 24.6 Å². The number of aryl methyl sites for hydroxylation is 2. The van der Waals surface area contributed by atoms with E-state index in [1.54, 1.807) is 0 Å². The zero-order valence-electron chi connectivity index (χ0n) is 9.32. The van der Waals surface area contributed by atoms with Crippen LogP contribution in [0.3, 0.4) is 0 Å². The second-order valence-electron chi connectivity index (χ2n) is 3.87. The maximum absolute atomic E-state index is 11.2. The molecule has 1 heterocycles. The quantitative estimate of drug-likeness (QED) is 0.837. The fraction of sp³-hybridized carbons (Fsp3) is 0.545. The molecule has 84 valence electrons. The van der Waals surface area contributed by atoms with Gasteiger partial charge in [0.05, 0.1) is 0 Å². The van der Waals surface area contributed by atoms with E-state index in [-0.39, 0.29) is 0 Å². The largest absolute Gasteiger partial charge is 0.261 e. The molecule has 0 spiro atoms. The normalized spacial score (nSPS) is 14.8. The van der Waals surface area contributed by atoms with E-state index in [1.165, 1.54) is 6.26 Å². The third-order valence-electron chi connectivity index (χ3n) is 2.17. The van der Waals surface area contributed by atoms with Crippen molar-refractivity contribution in [3.05, 3.63) is 29.6 Å². The second-order valence-corrected chi connectivity index (χ2v) is 6.29. The van der Waals surface area contributed by atoms with Crippen LogP contribution in [0.4, 0.5) is 0 Å². The summed E-state index contributed by atoms with van der Waals surface area (Å²) in [4.78, 5) is 4.32. The number of hydrogen-bond acceptors (Lipinski definition) is 3. The highest BCUT2D eigenvalue weighted by atomic mass is 32.2. The van der Waals surface area contributed by atoms with Crippen LogP contribution in [0.25, 0.3) is 0 Å². The van der Waals surface area contributed by atoms with Crippen LogP contribution in [0.5, 0.6) is 0 Å². The van der Waals surface area contributed by atoms with Gasteiger partial charge in [-0.2, -0.15) is 0 Å². The van der Waals surface area contributed by atoms with Crippen molar-refractivity contribution < 1.29 is 4.21 Å². The molecule has 0 aliphatic carbocycles. The lowest BCUT2D eigenvalue weighted by atomic mass is 10.2. The Morgan fingerprint density at radius 3 is 2.60 bits per heavy atom. The van der Waals surface area contributed by atoms with Crippen molar-refractivity contribution in [2.45, 2.75) is 26.2 Å². The fourth-order valence-electron chi connectivity index (χ4n) is 1.32. The minimum atomic E-state index is -2.37. The minimum absolute atomic E-state index is 0.418. The molecular formula is C11H18N2OS. The Balaban J connectivity index is 2.57. The van der Waals surface area contributed by atoms with E-state index in [4.69, 9.17) is 4.78 Å². The maximum atomic E-state index is 11.2. The van der Waals surface area contributed by atoms with Gasteiger partial charge in [0, 0.05) is 33.6 Å². The molecule has 1 aromatic heterocycles. The first-order chi connectivity index (χ1) is 7.01. The molecule has 0 amide bonds. The average molecular weight is 226 g/mol. The van der Waals surface area contributed by atoms with Crippen molar-refractivity contribution in [3.8, 4) is 0 Å². The number of aromatic nitrogens is 1. The maximum Gasteiger partial charge on any atom is 0.0415 e. The minimum Gasteiger partial charge on any atom is -0.261 e. The van der Waals surface area contributed by atoms with Crippen molar-refractivity contribution in [2.75, 3.05) is 12.0 Å². The lowest BCUT2D eigenvalue weighted by molar-refractivity contribution is 0.678. The number of nitrogens with zero attached hydrogens (tertiary/aromatic N) is 1. The van der Waals surface area contributed by atoms with Crippen LogP contribution in [-0.4, -0.2) is 21.2 Å². The van der Waals surface area contributed by atoms with Crippen LogP contribution in [0, 0.1) is 4.78 Å². The standard InChI is InChI=1S/C11H18N2OS/c1-3-4-11-6-5-10(9-13-11)7-8-15(2,12)14/h5-6,9,12H,3-4,7-8H2,1-2H3. The molecule has 1 N–H and O–H groups in total. The molecule has 1 unspecified atom stereocenters. The fourth-order valence-corrected chi connectivity index (χ4v) is 1.94. The van der Waals surface area contributed by atoms with Crippen LogP contribution < -0.4 is 0 Å². The third kappa shape index (κ3) is 4.93. The average Bonchev–Trinajstić information content (AvgIpc) is 2.16. The van der Waals surface area contributed by atoms with E-state index in [0.717, 1.165) is 24.1 Å². The summed E-state index contributed by atoms with van der Waals surface area (Å²) >= 11 is 0. The van der Waals surface area contributed by atoms with Gasteiger partial charge in [0.25, 0.3) is 0 Å². The van der Waals surface area contributed by atoms with Gasteiger partial charge in [-0.1, -0.05) is 19.4 Å². The van der Waals surface area contributed by atoms with Crippen LogP contribution in [0.2, 0.25) is 0 Å². The van der Waals surface area contributed by atoms with Gasteiger partial charge >= 0.3 is 0 Å². The summed E-state index contributed by atoms with van der Waals surface area (Å²) in [6.07, 6.45) is 6.09. The lowest BCUT2D eigenvalue weighted by Gasteiger charge is -2.03. The molecule has 0 fully saturated rings. The molecule has 1 rings (SSSR count). The predicted octanol–water partition coefficient (Wildman–Crippen LogP) is 2.25. The van der Waals surface area contributed by atoms with Crippen LogP contribution in [-0.2, 0) is 22.6 Å². The number of hydrogen-bond donors (Lipinski definition) is 1. The van der Waals surface area contributed by atoms with Gasteiger partial charge in [-0.3, -0.25) is 14.0 Å². The van der Waals surface area contributed by atoms with Crippen molar-refractivity contribution >= 4 is 9.73 Å². The summed E-state index contributed by atoms with van der Waals surface area (Å²) in [6, 6.07) is 4.03. The smallest absolute Gasteiger partial charge is 0.0415 e. The number of rotatable bonds is 5. The molecule has 0 radical (unpaired) electrons. The zero-order chi connectivity index (χ0) is 11.3. The summed E-state index contributed by atoms with van der Waals surface area (Å²) in [5, 5.41) is 0. The molecule has 0 bridgehead atoms. The summed E-state index contributed by atoms with van der Waals surface area (Å²) in [5.41, 5.74) is 2.17. The van der Waals surface area contributed by atoms with Crippen molar-refractivity contribution in [1.29, 1.82) is 4.78 Å². The van der Waals surface area contributed by atoms with Crippen molar-refractivity contribution in [2.24, 2.45) is 0 Å². The van der Waals surface area contributed by atoms with E-state index in [0.29, 0.717) is 12.2 Å². The van der Waals surface area contributed by atoms with Gasteiger partial charge in [0.1, 0.15) is 0 Å². The Bertz CT molecular complexity index is 395. The Morgan fingerprint density at radius 2 is 2.13 bits per heavy atom. The van der Waals surface area contributed by atoms with Gasteiger partial charge in [0.2, 0.25) is 0 Å². The molecule has 15 heavy (non-hydrogen) atoms. The summed E-state index contributed by atoms with van der Waals surface area (Å²) < 4.78 is 18.5. The Morgan fingerprint density at radius 1 is 1.40 bits per heavy atom. The van der Waals surface area contributed by atoms with Gasteiger partial charge in [-0.15, -0.1) is 0 Å². The van der Waals surface area contributed by atoms with Gasteiger partial charge < -0.3 is 0 Å². The second kappa shape index (κ2) is 5.26. The summed E-state index contributed by atoms with van der Waals surface area (Å²) in [7, 11) is -2.37. The highest BCUT2D eigenvalue weighted by Crippen LogP contribution is 2.04. The van der Waals surface area contributed by atoms with Crippen molar-refractivity contribution in [1.82, 2.24) is 4.98 Å². The van der Waals surface area contributed by atoms with Gasteiger partial charge in [0.15, 0.2) is 0 Å². The molecule has 4 heteroatoms. The number of nitrogens with one attached hydrogen (secondary N) is 1. The molecule has 0 saturated heterocycles. The molecule has 3 nitrogen and oxygen atoms in total. The van der Waals surface area contributed by atoms with E-state index in [9.17, 15) is 4.21 Å². The molecule has 0 aliphatic heterocycles. The van der Waals surface area contributed by atoms with E-state index < -0.39 is 9.73 Å². The Labute approximate surface area is 91.9 Å². The highest BCUT2D eigenvalue weighted by molar-refractivity contribution is 7.91. The van der Waals surface area contributed by atoms with E-state index >= 15 is 0 Å². The first-order valence-electron chi connectivity index (χ1n) is 5.16. The first-order valence-corrected chi connectivity index (χ1v) is 7.30. The molecule has 1 atom stereocenters. The molecule has 1 aromatic rings. The van der Waals surface area contributed by atoms with Crippen molar-refractivity contribution in [3.63, 3.8) is 0 Å². The predicted molar refractivity (Wildman–Crippen MR) is 63.6 cm³/mol. The van der Waals surface area contributed by atoms with Gasteiger partial charge in [-0.05, 0) is 24.5 Å². The first kappa shape index (κ1) is 12.2. The highest BCUT2D eigenvalue weighted by Gasteiger charge is 2.00. The van der Waals surface area contributed by atoms with Gasteiger partial charge in [-0.25, -0.2) is 0 Å². The lowest BCUT2D eigenvalue weighted by Crippen LogP contribution is -2.04. The SMILES string of the molecule is CCCc1ccc(CCS(C)(=N)=O)cn1. The van der Waals surface area contributed by atoms with E-state index in [1.807, 2.05) is 18.3 Å². The monoisotopic (exact) mass is 226 g/mol. The Kier molecular flexibility index (Phi) is 4.27. The summed E-state index contributed by atoms with van der Waals surface area (Å²) in [6.45, 7) is 2.13. The molecule has 0 aromatic carbocycles. The molecular weight excluding hydrogens is 208 g/mol. The summed E-state index contributed by atoms with van der Waals surface area (Å²) in [5.74, 6) is 0.418.